The summed E-state index contributed by atoms with van der Waals surface area (Å²) in [6, 6.07) is 25.9. The van der Waals surface area contributed by atoms with Crippen LogP contribution in [-0.2, 0) is 22.6 Å². The van der Waals surface area contributed by atoms with Crippen LogP contribution < -0.4 is 10.6 Å². The molecule has 0 bridgehead atoms. The third-order valence-electron chi connectivity index (χ3n) is 6.64. The molecule has 0 heterocycles. The van der Waals surface area contributed by atoms with Gasteiger partial charge in [-0.05, 0) is 59.4 Å². The summed E-state index contributed by atoms with van der Waals surface area (Å²) in [5.74, 6) is -1.78. The van der Waals surface area contributed by atoms with Gasteiger partial charge in [0.25, 0.3) is 0 Å². The molecule has 0 aliphatic rings. The van der Waals surface area contributed by atoms with E-state index in [1.807, 2.05) is 67.6 Å². The first-order valence-electron chi connectivity index (χ1n) is 12.7. The van der Waals surface area contributed by atoms with E-state index in [4.69, 9.17) is 11.7 Å². The van der Waals surface area contributed by atoms with Gasteiger partial charge < -0.3 is 15.7 Å². The highest BCUT2D eigenvalue weighted by Gasteiger charge is 2.19. The van der Waals surface area contributed by atoms with Crippen molar-refractivity contribution in [3.05, 3.63) is 119 Å². The van der Waals surface area contributed by atoms with Crippen LogP contribution in [0.15, 0.2) is 84.9 Å². The van der Waals surface area contributed by atoms with Crippen molar-refractivity contribution in [1.82, 2.24) is 5.32 Å². The van der Waals surface area contributed by atoms with E-state index < -0.39 is 11.9 Å². The topological polar surface area (TPSA) is 99.9 Å². The fraction of sp³-hybridized carbons (Fsp3) is 0.188. The van der Waals surface area contributed by atoms with E-state index >= 15 is 0 Å². The van der Waals surface area contributed by atoms with Crippen molar-refractivity contribution >= 4 is 39.9 Å². The molecular weight excluding hydrogens is 490 g/mol. The van der Waals surface area contributed by atoms with E-state index in [9.17, 15) is 14.4 Å². The van der Waals surface area contributed by atoms with Crippen molar-refractivity contribution in [2.45, 2.75) is 38.6 Å². The molecule has 0 saturated heterocycles. The number of rotatable bonds is 10. The van der Waals surface area contributed by atoms with Gasteiger partial charge in [-0.2, -0.15) is 0 Å². The number of amides is 2. The summed E-state index contributed by atoms with van der Waals surface area (Å²) in [6.07, 6.45) is 0.951. The van der Waals surface area contributed by atoms with Gasteiger partial charge in [0.1, 0.15) is 0 Å². The molecule has 4 rings (SSSR count). The van der Waals surface area contributed by atoms with Gasteiger partial charge in [-0.15, -0.1) is 0 Å². The first kappa shape index (κ1) is 27.1. The Bertz CT molecular complexity index is 1570. The lowest BCUT2D eigenvalue weighted by Crippen LogP contribution is -2.23. The number of hydrogen-bond donors (Lipinski definition) is 3. The molecule has 0 aliphatic heterocycles. The fourth-order valence-corrected chi connectivity index (χ4v) is 4.51. The van der Waals surface area contributed by atoms with Crippen LogP contribution >= 0.6 is 0 Å². The summed E-state index contributed by atoms with van der Waals surface area (Å²) in [4.78, 5) is 40.5. The molecule has 0 aromatic heterocycles. The van der Waals surface area contributed by atoms with Crippen LogP contribution in [0.4, 0.5) is 11.4 Å². The first-order chi connectivity index (χ1) is 18.9. The van der Waals surface area contributed by atoms with Gasteiger partial charge >= 0.3 is 5.97 Å². The van der Waals surface area contributed by atoms with E-state index in [-0.39, 0.29) is 24.8 Å². The summed E-state index contributed by atoms with van der Waals surface area (Å²) >= 11 is 0. The summed E-state index contributed by atoms with van der Waals surface area (Å²) in [7, 11) is 0. The standard InChI is InChI=1S/C32H29N3O4/c1-21(27-14-6-9-23-8-3-4-13-28(23)27)31(38)35-29-18-22(16-17-24(29)10-7-15-30(36)37)20-34-32(39)25-11-5-12-26(19-25)33-2/h3-6,8-9,11-14,16-19,21H,7,10,15,20H2,1H3,(H,34,39)(H,35,38)(H,36,37). The van der Waals surface area contributed by atoms with E-state index in [2.05, 4.69) is 15.5 Å². The Labute approximate surface area is 227 Å². The van der Waals surface area contributed by atoms with Gasteiger partial charge in [0.05, 0.1) is 12.5 Å². The molecule has 0 aliphatic carbocycles. The Morgan fingerprint density at radius 2 is 1.72 bits per heavy atom. The number of fused-ring (bicyclic) bond motifs is 1. The molecule has 0 saturated carbocycles. The molecule has 4 aromatic carbocycles. The summed E-state index contributed by atoms with van der Waals surface area (Å²) in [5, 5.41) is 17.0. The normalized spacial score (nSPS) is 11.4. The van der Waals surface area contributed by atoms with E-state index in [1.165, 1.54) is 6.07 Å². The highest BCUT2D eigenvalue weighted by atomic mass is 16.4. The predicted molar refractivity (Wildman–Crippen MR) is 152 cm³/mol. The second-order valence-electron chi connectivity index (χ2n) is 9.36. The van der Waals surface area contributed by atoms with Crippen LogP contribution in [0.5, 0.6) is 0 Å². The molecule has 3 N–H and O–H groups in total. The Balaban J connectivity index is 1.54. The number of carbonyl (C=O) groups is 3. The molecule has 7 heteroatoms. The van der Waals surface area contributed by atoms with Gasteiger partial charge in [0, 0.05) is 24.2 Å². The van der Waals surface area contributed by atoms with Gasteiger partial charge in [-0.3, -0.25) is 14.4 Å². The fourth-order valence-electron chi connectivity index (χ4n) is 4.51. The lowest BCUT2D eigenvalue weighted by Gasteiger charge is -2.18. The number of nitrogens with zero attached hydrogens (tertiary/aromatic N) is 1. The summed E-state index contributed by atoms with van der Waals surface area (Å²) in [6.45, 7) is 9.22. The number of nitrogens with one attached hydrogen (secondary N) is 2. The van der Waals surface area contributed by atoms with E-state index in [0.29, 0.717) is 29.8 Å². The van der Waals surface area contributed by atoms with Crippen molar-refractivity contribution in [3.8, 4) is 0 Å². The molecule has 7 nitrogen and oxygen atoms in total. The average Bonchev–Trinajstić information content (AvgIpc) is 2.96. The average molecular weight is 520 g/mol. The third kappa shape index (κ3) is 6.88. The molecule has 0 radical (unpaired) electrons. The number of aryl methyl sites for hydroxylation is 1. The maximum atomic E-state index is 13.4. The highest BCUT2D eigenvalue weighted by molar-refractivity contribution is 6.00. The third-order valence-corrected chi connectivity index (χ3v) is 6.64. The maximum absolute atomic E-state index is 13.4. The largest absolute Gasteiger partial charge is 0.481 e. The lowest BCUT2D eigenvalue weighted by atomic mass is 9.94. The second kappa shape index (κ2) is 12.5. The lowest BCUT2D eigenvalue weighted by molar-refractivity contribution is -0.137. The minimum atomic E-state index is -0.869. The quantitative estimate of drug-likeness (QED) is 0.209. The van der Waals surface area contributed by atoms with Crippen LogP contribution in [0.3, 0.4) is 0 Å². The smallest absolute Gasteiger partial charge is 0.303 e. The van der Waals surface area contributed by atoms with Crippen molar-refractivity contribution < 1.29 is 19.5 Å². The molecule has 39 heavy (non-hydrogen) atoms. The first-order valence-corrected chi connectivity index (χ1v) is 12.7. The number of hydrogen-bond acceptors (Lipinski definition) is 3. The molecule has 1 atom stereocenters. The number of carbonyl (C=O) groups excluding carboxylic acids is 2. The van der Waals surface area contributed by atoms with Crippen LogP contribution in [0.2, 0.25) is 0 Å². The van der Waals surface area contributed by atoms with Crippen LogP contribution in [0.25, 0.3) is 15.6 Å². The van der Waals surface area contributed by atoms with Gasteiger partial charge in [0.15, 0.2) is 5.69 Å². The van der Waals surface area contributed by atoms with Crippen molar-refractivity contribution in [2.24, 2.45) is 0 Å². The zero-order valence-electron chi connectivity index (χ0n) is 21.6. The minimum Gasteiger partial charge on any atom is -0.481 e. The number of carboxylic acid groups (broad SMARTS) is 1. The van der Waals surface area contributed by atoms with Crippen molar-refractivity contribution in [2.75, 3.05) is 5.32 Å². The minimum absolute atomic E-state index is 0.0290. The van der Waals surface area contributed by atoms with Crippen LogP contribution in [0, 0.1) is 6.57 Å². The Kier molecular flexibility index (Phi) is 8.70. The van der Waals surface area contributed by atoms with Gasteiger partial charge in [-0.1, -0.05) is 72.8 Å². The summed E-state index contributed by atoms with van der Waals surface area (Å²) < 4.78 is 0. The highest BCUT2D eigenvalue weighted by Crippen LogP contribution is 2.28. The van der Waals surface area contributed by atoms with Crippen molar-refractivity contribution in [1.29, 1.82) is 0 Å². The molecule has 196 valence electrons. The monoisotopic (exact) mass is 519 g/mol. The van der Waals surface area contributed by atoms with E-state index in [0.717, 1.165) is 27.5 Å². The second-order valence-corrected chi connectivity index (χ2v) is 9.36. The zero-order chi connectivity index (χ0) is 27.8. The predicted octanol–water partition coefficient (Wildman–Crippen LogP) is 6.47. The molecule has 4 aromatic rings. The number of aliphatic carboxylic acids is 1. The molecule has 0 fully saturated rings. The van der Waals surface area contributed by atoms with Crippen LogP contribution in [0.1, 0.15) is 52.7 Å². The zero-order valence-corrected chi connectivity index (χ0v) is 21.6. The molecule has 1 unspecified atom stereocenters. The molecular formula is C32H29N3O4. The Morgan fingerprint density at radius 1 is 0.949 bits per heavy atom. The summed E-state index contributed by atoms with van der Waals surface area (Å²) in [5.41, 5.74) is 3.90. The number of benzene rings is 4. The van der Waals surface area contributed by atoms with E-state index in [1.54, 1.807) is 18.2 Å². The van der Waals surface area contributed by atoms with Crippen LogP contribution in [-0.4, -0.2) is 22.9 Å². The SMILES string of the molecule is [C-]#[N+]c1cccc(C(=O)NCc2ccc(CCCC(=O)O)c(NC(=O)C(C)c3cccc4ccccc34)c2)c1. The van der Waals surface area contributed by atoms with Gasteiger partial charge in [0.2, 0.25) is 11.8 Å². The molecule has 2 amide bonds. The maximum Gasteiger partial charge on any atom is 0.303 e. The van der Waals surface area contributed by atoms with Gasteiger partial charge in [-0.25, -0.2) is 4.85 Å². The Hall–Kier alpha value is -4.96. The number of anilines is 1. The number of carboxylic acids is 1. The van der Waals surface area contributed by atoms with Crippen molar-refractivity contribution in [3.63, 3.8) is 0 Å². The Morgan fingerprint density at radius 3 is 2.51 bits per heavy atom. The molecule has 0 spiro atoms.